The van der Waals surface area contributed by atoms with E-state index in [2.05, 4.69) is 17.1 Å². The first-order valence-electron chi connectivity index (χ1n) is 6.92. The molecule has 1 heterocycles. The highest BCUT2D eigenvalue weighted by atomic mass is 19.1. The standard InChI is InChI=1S/C15H23FN2/c1-13(12-18-8-4-5-9-18)10-17-11-14-6-2-3-7-15(14)16/h2-3,6-7,13,17H,4-5,8-12H2,1H3. The van der Waals surface area contributed by atoms with Gasteiger partial charge in [-0.05, 0) is 44.5 Å². The summed E-state index contributed by atoms with van der Waals surface area (Å²) in [6, 6.07) is 6.97. The molecule has 0 aliphatic carbocycles. The lowest BCUT2D eigenvalue weighted by Crippen LogP contribution is -2.31. The van der Waals surface area contributed by atoms with Crippen molar-refractivity contribution in [3.05, 3.63) is 35.6 Å². The molecule has 1 atom stereocenters. The fourth-order valence-corrected chi connectivity index (χ4v) is 2.57. The summed E-state index contributed by atoms with van der Waals surface area (Å²) in [4.78, 5) is 2.52. The van der Waals surface area contributed by atoms with Crippen LogP contribution >= 0.6 is 0 Å². The molecule has 1 aromatic carbocycles. The minimum Gasteiger partial charge on any atom is -0.312 e. The van der Waals surface area contributed by atoms with E-state index in [1.807, 2.05) is 12.1 Å². The van der Waals surface area contributed by atoms with Gasteiger partial charge in [0.2, 0.25) is 0 Å². The molecule has 1 N–H and O–H groups in total. The van der Waals surface area contributed by atoms with E-state index < -0.39 is 0 Å². The Hall–Kier alpha value is -0.930. The number of hydrogen-bond donors (Lipinski definition) is 1. The van der Waals surface area contributed by atoms with Gasteiger partial charge in [0.25, 0.3) is 0 Å². The Morgan fingerprint density at radius 2 is 2.00 bits per heavy atom. The van der Waals surface area contributed by atoms with Gasteiger partial charge in [0.05, 0.1) is 0 Å². The molecular formula is C15H23FN2. The smallest absolute Gasteiger partial charge is 0.127 e. The molecule has 0 bridgehead atoms. The molecule has 100 valence electrons. The third kappa shape index (κ3) is 4.07. The van der Waals surface area contributed by atoms with Crippen molar-refractivity contribution in [3.63, 3.8) is 0 Å². The second-order valence-corrected chi connectivity index (χ2v) is 5.34. The van der Waals surface area contributed by atoms with Crippen LogP contribution in [0, 0.1) is 11.7 Å². The molecule has 1 saturated heterocycles. The Kier molecular flexibility index (Phi) is 5.14. The van der Waals surface area contributed by atoms with Gasteiger partial charge in [0.1, 0.15) is 5.82 Å². The van der Waals surface area contributed by atoms with Gasteiger partial charge in [-0.1, -0.05) is 25.1 Å². The summed E-state index contributed by atoms with van der Waals surface area (Å²) in [5, 5.41) is 3.35. The zero-order chi connectivity index (χ0) is 12.8. The van der Waals surface area contributed by atoms with Gasteiger partial charge in [0, 0.05) is 18.7 Å². The van der Waals surface area contributed by atoms with Crippen LogP contribution in [-0.4, -0.2) is 31.1 Å². The van der Waals surface area contributed by atoms with E-state index in [9.17, 15) is 4.39 Å². The third-order valence-corrected chi connectivity index (χ3v) is 3.53. The molecule has 1 fully saturated rings. The Morgan fingerprint density at radius 1 is 1.28 bits per heavy atom. The molecule has 1 aromatic rings. The second-order valence-electron chi connectivity index (χ2n) is 5.34. The van der Waals surface area contributed by atoms with E-state index in [0.29, 0.717) is 12.5 Å². The third-order valence-electron chi connectivity index (χ3n) is 3.53. The van der Waals surface area contributed by atoms with Crippen molar-refractivity contribution in [3.8, 4) is 0 Å². The van der Waals surface area contributed by atoms with Gasteiger partial charge in [-0.3, -0.25) is 0 Å². The maximum absolute atomic E-state index is 13.4. The van der Waals surface area contributed by atoms with Crippen LogP contribution in [0.25, 0.3) is 0 Å². The summed E-state index contributed by atoms with van der Waals surface area (Å²) in [6.07, 6.45) is 2.69. The summed E-state index contributed by atoms with van der Waals surface area (Å²) < 4.78 is 13.4. The van der Waals surface area contributed by atoms with Crippen LogP contribution in [0.2, 0.25) is 0 Å². The van der Waals surface area contributed by atoms with E-state index in [4.69, 9.17) is 0 Å². The van der Waals surface area contributed by atoms with Crippen molar-refractivity contribution in [1.29, 1.82) is 0 Å². The van der Waals surface area contributed by atoms with Crippen molar-refractivity contribution in [2.45, 2.75) is 26.3 Å². The minimum absolute atomic E-state index is 0.114. The van der Waals surface area contributed by atoms with E-state index in [1.54, 1.807) is 6.07 Å². The van der Waals surface area contributed by atoms with Crippen LogP contribution in [0.5, 0.6) is 0 Å². The molecule has 0 saturated carbocycles. The molecule has 3 heteroatoms. The van der Waals surface area contributed by atoms with Crippen molar-refractivity contribution < 1.29 is 4.39 Å². The van der Waals surface area contributed by atoms with Gasteiger partial charge in [0.15, 0.2) is 0 Å². The van der Waals surface area contributed by atoms with Gasteiger partial charge >= 0.3 is 0 Å². The predicted molar refractivity (Wildman–Crippen MR) is 72.9 cm³/mol. The van der Waals surface area contributed by atoms with Crippen LogP contribution in [0.15, 0.2) is 24.3 Å². The first-order valence-corrected chi connectivity index (χ1v) is 6.92. The summed E-state index contributed by atoms with van der Waals surface area (Å²) in [6.45, 7) is 7.48. The van der Waals surface area contributed by atoms with E-state index in [-0.39, 0.29) is 5.82 Å². The summed E-state index contributed by atoms with van der Waals surface area (Å²) >= 11 is 0. The van der Waals surface area contributed by atoms with Crippen molar-refractivity contribution in [1.82, 2.24) is 10.2 Å². The topological polar surface area (TPSA) is 15.3 Å². The zero-order valence-electron chi connectivity index (χ0n) is 11.2. The summed E-state index contributed by atoms with van der Waals surface area (Å²) in [7, 11) is 0. The average molecular weight is 250 g/mol. The molecule has 0 amide bonds. The monoisotopic (exact) mass is 250 g/mol. The second kappa shape index (κ2) is 6.86. The molecule has 0 aromatic heterocycles. The van der Waals surface area contributed by atoms with Gasteiger partial charge in [-0.15, -0.1) is 0 Å². The maximum atomic E-state index is 13.4. The zero-order valence-corrected chi connectivity index (χ0v) is 11.2. The lowest BCUT2D eigenvalue weighted by Gasteiger charge is -2.20. The SMILES string of the molecule is CC(CNCc1ccccc1F)CN1CCCC1. The van der Waals surface area contributed by atoms with Crippen molar-refractivity contribution in [2.75, 3.05) is 26.2 Å². The molecule has 0 radical (unpaired) electrons. The van der Waals surface area contributed by atoms with Crippen molar-refractivity contribution >= 4 is 0 Å². The number of nitrogens with one attached hydrogen (secondary N) is 1. The summed E-state index contributed by atoms with van der Waals surface area (Å²) in [5.41, 5.74) is 0.755. The van der Waals surface area contributed by atoms with E-state index >= 15 is 0 Å². The van der Waals surface area contributed by atoms with Crippen LogP contribution in [0.4, 0.5) is 4.39 Å². The summed E-state index contributed by atoms with van der Waals surface area (Å²) in [5.74, 6) is 0.507. The Labute approximate surface area is 109 Å². The van der Waals surface area contributed by atoms with Gasteiger partial charge in [-0.2, -0.15) is 0 Å². The first kappa shape index (κ1) is 13.5. The highest BCUT2D eigenvalue weighted by Gasteiger charge is 2.14. The highest BCUT2D eigenvalue weighted by molar-refractivity contribution is 5.16. The van der Waals surface area contributed by atoms with Crippen LogP contribution in [0.3, 0.4) is 0 Å². The molecule has 2 rings (SSSR count). The molecule has 1 unspecified atom stereocenters. The number of nitrogens with zero attached hydrogens (tertiary/aromatic N) is 1. The average Bonchev–Trinajstić information content (AvgIpc) is 2.84. The molecule has 1 aliphatic heterocycles. The van der Waals surface area contributed by atoms with E-state index in [0.717, 1.165) is 18.7 Å². The molecule has 2 nitrogen and oxygen atoms in total. The number of halogens is 1. The van der Waals surface area contributed by atoms with Gasteiger partial charge < -0.3 is 10.2 Å². The first-order chi connectivity index (χ1) is 8.75. The molecule has 18 heavy (non-hydrogen) atoms. The quantitative estimate of drug-likeness (QED) is 0.835. The number of likely N-dealkylation sites (tertiary alicyclic amines) is 1. The number of rotatable bonds is 6. The lowest BCUT2D eigenvalue weighted by atomic mass is 10.1. The largest absolute Gasteiger partial charge is 0.312 e. The fourth-order valence-electron chi connectivity index (χ4n) is 2.57. The highest BCUT2D eigenvalue weighted by Crippen LogP contribution is 2.10. The minimum atomic E-state index is -0.114. The fraction of sp³-hybridized carbons (Fsp3) is 0.600. The van der Waals surface area contributed by atoms with Crippen LogP contribution in [0.1, 0.15) is 25.3 Å². The number of hydrogen-bond acceptors (Lipinski definition) is 2. The number of benzene rings is 1. The molecule has 1 aliphatic rings. The molecule has 0 spiro atoms. The van der Waals surface area contributed by atoms with E-state index in [1.165, 1.54) is 32.0 Å². The Balaban J connectivity index is 1.67. The molecular weight excluding hydrogens is 227 g/mol. The lowest BCUT2D eigenvalue weighted by molar-refractivity contribution is 0.282. The normalized spacial score (nSPS) is 18.1. The predicted octanol–water partition coefficient (Wildman–Crippen LogP) is 2.65. The maximum Gasteiger partial charge on any atom is 0.127 e. The Morgan fingerprint density at radius 3 is 2.72 bits per heavy atom. The van der Waals surface area contributed by atoms with Crippen LogP contribution < -0.4 is 5.32 Å². The Bertz CT molecular complexity index is 361. The van der Waals surface area contributed by atoms with Crippen molar-refractivity contribution in [2.24, 2.45) is 5.92 Å². The van der Waals surface area contributed by atoms with Crippen LogP contribution in [-0.2, 0) is 6.54 Å². The van der Waals surface area contributed by atoms with Gasteiger partial charge in [-0.25, -0.2) is 4.39 Å².